The molecule has 2 aliphatic rings. The molecule has 1 aliphatic carbocycles. The molecule has 0 saturated carbocycles. The molecule has 1 aliphatic heterocycles. The van der Waals surface area contributed by atoms with Crippen LogP contribution in [0.5, 0.6) is 11.5 Å². The van der Waals surface area contributed by atoms with Gasteiger partial charge in [0.2, 0.25) is 0 Å². The Balaban J connectivity index is 1.98. The Bertz CT molecular complexity index is 723. The monoisotopic (exact) mass is 281 g/mol. The molecule has 1 heterocycles. The minimum Gasteiger partial charge on any atom is -0.508 e. The molecule has 21 heavy (non-hydrogen) atoms. The van der Waals surface area contributed by atoms with Crippen LogP contribution in [0.2, 0.25) is 0 Å². The van der Waals surface area contributed by atoms with Crippen molar-refractivity contribution in [2.45, 2.75) is 18.9 Å². The molecule has 3 nitrogen and oxygen atoms in total. The third-order valence-corrected chi connectivity index (χ3v) is 4.87. The van der Waals surface area contributed by atoms with E-state index in [1.165, 1.54) is 27.8 Å². The van der Waals surface area contributed by atoms with E-state index < -0.39 is 0 Å². The smallest absolute Gasteiger partial charge is 0.119 e. The summed E-state index contributed by atoms with van der Waals surface area (Å²) in [6.07, 6.45) is 2.02. The summed E-state index contributed by atoms with van der Waals surface area (Å²) < 4.78 is 5.36. The predicted molar refractivity (Wildman–Crippen MR) is 82.9 cm³/mol. The molecular weight excluding hydrogens is 262 g/mol. The van der Waals surface area contributed by atoms with Gasteiger partial charge >= 0.3 is 0 Å². The molecule has 2 aromatic carbocycles. The highest BCUT2D eigenvalue weighted by atomic mass is 16.5. The topological polar surface area (TPSA) is 32.7 Å². The minimum atomic E-state index is 0.371. The van der Waals surface area contributed by atoms with E-state index in [1.807, 2.05) is 18.2 Å². The molecule has 0 spiro atoms. The van der Waals surface area contributed by atoms with E-state index in [1.54, 1.807) is 7.11 Å². The second kappa shape index (κ2) is 4.50. The van der Waals surface area contributed by atoms with Crippen molar-refractivity contribution in [3.63, 3.8) is 0 Å². The summed E-state index contributed by atoms with van der Waals surface area (Å²) in [5, 5.41) is 10.1. The quantitative estimate of drug-likeness (QED) is 0.871. The van der Waals surface area contributed by atoms with Crippen molar-refractivity contribution in [1.82, 2.24) is 4.90 Å². The summed E-state index contributed by atoms with van der Waals surface area (Å²) in [6, 6.07) is 10.5. The van der Waals surface area contributed by atoms with Gasteiger partial charge in [-0.05, 0) is 72.0 Å². The van der Waals surface area contributed by atoms with Gasteiger partial charge in [-0.3, -0.25) is 4.90 Å². The maximum atomic E-state index is 10.1. The molecule has 0 amide bonds. The second-order valence-corrected chi connectivity index (χ2v) is 6.04. The molecule has 2 aromatic rings. The Morgan fingerprint density at radius 3 is 2.81 bits per heavy atom. The number of ether oxygens (including phenoxy) is 1. The number of nitrogens with zero attached hydrogens (tertiary/aromatic N) is 1. The molecule has 0 saturated heterocycles. The van der Waals surface area contributed by atoms with Crippen LogP contribution < -0.4 is 4.74 Å². The Morgan fingerprint density at radius 1 is 1.14 bits per heavy atom. The van der Waals surface area contributed by atoms with E-state index in [9.17, 15) is 5.11 Å². The van der Waals surface area contributed by atoms with Crippen molar-refractivity contribution in [2.24, 2.45) is 0 Å². The molecule has 1 unspecified atom stereocenters. The fraction of sp³-hybridized carbons (Fsp3) is 0.333. The normalized spacial score (nSPS) is 19.8. The Morgan fingerprint density at radius 2 is 2.00 bits per heavy atom. The third kappa shape index (κ3) is 1.84. The van der Waals surface area contributed by atoms with Gasteiger partial charge in [-0.2, -0.15) is 0 Å². The summed E-state index contributed by atoms with van der Waals surface area (Å²) in [7, 11) is 3.89. The zero-order valence-electron chi connectivity index (χ0n) is 12.4. The Kier molecular flexibility index (Phi) is 2.73. The van der Waals surface area contributed by atoms with Gasteiger partial charge in [0, 0.05) is 12.6 Å². The minimum absolute atomic E-state index is 0.371. The van der Waals surface area contributed by atoms with Crippen LogP contribution in [0.4, 0.5) is 0 Å². The number of methoxy groups -OCH3 is 1. The molecule has 0 fully saturated rings. The summed E-state index contributed by atoms with van der Waals surface area (Å²) in [5.41, 5.74) is 6.42. The van der Waals surface area contributed by atoms with Gasteiger partial charge in [-0.25, -0.2) is 0 Å². The van der Waals surface area contributed by atoms with Crippen molar-refractivity contribution in [3.8, 4) is 22.6 Å². The first-order chi connectivity index (χ1) is 10.2. The van der Waals surface area contributed by atoms with Crippen molar-refractivity contribution >= 4 is 0 Å². The maximum absolute atomic E-state index is 10.1. The van der Waals surface area contributed by atoms with Crippen LogP contribution in [0.15, 0.2) is 30.3 Å². The standard InChI is InChI=1S/C18H19NO2/c1-19-6-5-11-7-13(20)10-16-15-4-3-14(21-2)8-12(15)9-17(19)18(11)16/h3-4,7-8,10,17,20H,5-6,9H2,1-2H3. The van der Waals surface area contributed by atoms with Gasteiger partial charge in [0.05, 0.1) is 7.11 Å². The SMILES string of the molecule is COc1ccc2c(c1)CC1c3c(cc(O)cc3-2)CCN1C. The first-order valence-electron chi connectivity index (χ1n) is 7.40. The van der Waals surface area contributed by atoms with E-state index in [2.05, 4.69) is 24.1 Å². The highest BCUT2D eigenvalue weighted by Gasteiger charge is 2.33. The zero-order chi connectivity index (χ0) is 14.6. The largest absolute Gasteiger partial charge is 0.508 e. The van der Waals surface area contributed by atoms with Crippen LogP contribution in [0, 0.1) is 0 Å². The van der Waals surface area contributed by atoms with Gasteiger partial charge < -0.3 is 9.84 Å². The second-order valence-electron chi connectivity index (χ2n) is 6.04. The summed E-state index contributed by atoms with van der Waals surface area (Å²) in [4.78, 5) is 2.42. The van der Waals surface area contributed by atoms with Gasteiger partial charge in [-0.15, -0.1) is 0 Å². The molecule has 1 N–H and O–H groups in total. The molecule has 3 heteroatoms. The highest BCUT2D eigenvalue weighted by Crippen LogP contribution is 2.46. The van der Waals surface area contributed by atoms with E-state index in [4.69, 9.17) is 4.74 Å². The van der Waals surface area contributed by atoms with Gasteiger partial charge in [-0.1, -0.05) is 6.07 Å². The third-order valence-electron chi connectivity index (χ3n) is 4.87. The summed E-state index contributed by atoms with van der Waals surface area (Å²) in [5.74, 6) is 1.27. The number of rotatable bonds is 1. The maximum Gasteiger partial charge on any atom is 0.119 e. The van der Waals surface area contributed by atoms with Crippen molar-refractivity contribution < 1.29 is 9.84 Å². The number of likely N-dealkylation sites (N-methyl/N-ethyl adjacent to an activating group) is 1. The number of phenols is 1. The van der Waals surface area contributed by atoms with Crippen LogP contribution in [-0.2, 0) is 12.8 Å². The van der Waals surface area contributed by atoms with Gasteiger partial charge in [0.1, 0.15) is 11.5 Å². The fourth-order valence-electron chi connectivity index (χ4n) is 3.79. The zero-order valence-corrected chi connectivity index (χ0v) is 12.4. The van der Waals surface area contributed by atoms with Crippen LogP contribution in [0.3, 0.4) is 0 Å². The van der Waals surface area contributed by atoms with Gasteiger partial charge in [0.15, 0.2) is 0 Å². The molecular formula is C18H19NO2. The number of hydrogen-bond acceptors (Lipinski definition) is 3. The number of phenolic OH excluding ortho intramolecular Hbond substituents is 1. The molecule has 1 atom stereocenters. The van der Waals surface area contributed by atoms with Crippen molar-refractivity contribution in [1.29, 1.82) is 0 Å². The Hall–Kier alpha value is -2.00. The van der Waals surface area contributed by atoms with Crippen LogP contribution in [0.1, 0.15) is 22.7 Å². The number of hydrogen-bond donors (Lipinski definition) is 1. The van der Waals surface area contributed by atoms with E-state index in [0.29, 0.717) is 11.8 Å². The number of fused-ring (bicyclic) bond motifs is 2. The van der Waals surface area contributed by atoms with E-state index in [-0.39, 0.29) is 0 Å². The summed E-state index contributed by atoms with van der Waals surface area (Å²) in [6.45, 7) is 1.04. The van der Waals surface area contributed by atoms with Crippen LogP contribution in [-0.4, -0.2) is 30.7 Å². The van der Waals surface area contributed by atoms with E-state index in [0.717, 1.165) is 25.1 Å². The lowest BCUT2D eigenvalue weighted by molar-refractivity contribution is 0.228. The lowest BCUT2D eigenvalue weighted by Gasteiger charge is -2.39. The van der Waals surface area contributed by atoms with Gasteiger partial charge in [0.25, 0.3) is 0 Å². The highest BCUT2D eigenvalue weighted by molar-refractivity contribution is 5.77. The van der Waals surface area contributed by atoms with Crippen LogP contribution >= 0.6 is 0 Å². The van der Waals surface area contributed by atoms with Crippen LogP contribution in [0.25, 0.3) is 11.1 Å². The van der Waals surface area contributed by atoms with Crippen molar-refractivity contribution in [2.75, 3.05) is 20.7 Å². The predicted octanol–water partition coefficient (Wildman–Crippen LogP) is 3.15. The van der Waals surface area contributed by atoms with Crippen molar-refractivity contribution in [3.05, 3.63) is 47.0 Å². The average molecular weight is 281 g/mol. The molecule has 0 radical (unpaired) electrons. The molecule has 0 bridgehead atoms. The summed E-state index contributed by atoms with van der Waals surface area (Å²) >= 11 is 0. The first-order valence-corrected chi connectivity index (χ1v) is 7.40. The molecule has 0 aromatic heterocycles. The number of benzene rings is 2. The number of aromatic hydroxyl groups is 1. The average Bonchev–Trinajstić information content (AvgIpc) is 2.49. The first kappa shape index (κ1) is 12.7. The molecule has 108 valence electrons. The lowest BCUT2D eigenvalue weighted by Crippen LogP contribution is -2.35. The molecule has 4 rings (SSSR count). The Labute approximate surface area is 124 Å². The lowest BCUT2D eigenvalue weighted by atomic mass is 9.77. The fourth-order valence-corrected chi connectivity index (χ4v) is 3.79. The van der Waals surface area contributed by atoms with E-state index >= 15 is 0 Å².